The van der Waals surface area contributed by atoms with E-state index in [1.165, 1.54) is 16.6 Å². The van der Waals surface area contributed by atoms with Gasteiger partial charge in [-0.05, 0) is 37.7 Å². The maximum absolute atomic E-state index is 13.1. The van der Waals surface area contributed by atoms with Gasteiger partial charge in [-0.3, -0.25) is 28.4 Å². The first kappa shape index (κ1) is 26.7. The zero-order chi connectivity index (χ0) is 26.4. The Morgan fingerprint density at radius 1 is 1.08 bits per heavy atom. The molecule has 0 radical (unpaired) electrons. The Bertz CT molecular complexity index is 1380. The third-order valence-electron chi connectivity index (χ3n) is 5.51. The van der Waals surface area contributed by atoms with E-state index >= 15 is 0 Å². The molecule has 0 saturated carbocycles. The number of nitrogens with zero attached hydrogens (tertiary/aromatic N) is 3. The number of halogens is 1. The summed E-state index contributed by atoms with van der Waals surface area (Å²) in [6.45, 7) is 1.39. The number of anilines is 2. The van der Waals surface area contributed by atoms with Crippen molar-refractivity contribution in [3.8, 4) is 5.75 Å². The zero-order valence-corrected chi connectivity index (χ0v) is 21.0. The molecule has 0 saturated heterocycles. The number of hydrogen-bond acceptors (Lipinski definition) is 7. The van der Waals surface area contributed by atoms with E-state index in [2.05, 4.69) is 5.32 Å². The number of aromatic nitrogens is 2. The lowest BCUT2D eigenvalue weighted by Crippen LogP contribution is -2.45. The first-order chi connectivity index (χ1) is 17.2. The number of methoxy groups -OCH3 is 1. The van der Waals surface area contributed by atoms with Crippen LogP contribution in [0.3, 0.4) is 0 Å². The van der Waals surface area contributed by atoms with Gasteiger partial charge in [0.2, 0.25) is 5.91 Å². The van der Waals surface area contributed by atoms with Crippen molar-refractivity contribution >= 4 is 34.8 Å². The molecule has 1 aromatic heterocycles. The van der Waals surface area contributed by atoms with E-state index in [0.29, 0.717) is 16.5 Å². The number of likely N-dealkylation sites (N-methyl/N-ethyl adjacent to an activating group) is 1. The molecular formula is C25H28ClN5O5. The van der Waals surface area contributed by atoms with Crippen molar-refractivity contribution in [3.05, 3.63) is 85.5 Å². The van der Waals surface area contributed by atoms with Gasteiger partial charge in [-0.2, -0.15) is 0 Å². The molecule has 1 heterocycles. The second-order valence-electron chi connectivity index (χ2n) is 8.15. The van der Waals surface area contributed by atoms with Crippen LogP contribution in [-0.2, 0) is 17.9 Å². The number of ketones is 1. The number of amides is 1. The van der Waals surface area contributed by atoms with Crippen LogP contribution in [0.4, 0.5) is 11.5 Å². The van der Waals surface area contributed by atoms with Gasteiger partial charge in [0, 0.05) is 11.6 Å². The molecule has 10 nitrogen and oxygen atoms in total. The third-order valence-corrected chi connectivity index (χ3v) is 5.74. The van der Waals surface area contributed by atoms with Gasteiger partial charge in [0.1, 0.15) is 17.1 Å². The molecule has 0 aliphatic carbocycles. The van der Waals surface area contributed by atoms with Crippen molar-refractivity contribution in [2.45, 2.75) is 20.0 Å². The van der Waals surface area contributed by atoms with E-state index in [-0.39, 0.29) is 37.6 Å². The SMILES string of the molecule is CCn1c(=O)c(C(=O)CN(C)CC(=O)Nc2cc(Cl)ccc2OC)c(N)n(Cc2ccccc2)c1=O. The van der Waals surface area contributed by atoms with Crippen LogP contribution in [0.2, 0.25) is 5.02 Å². The number of nitrogens with one attached hydrogen (secondary N) is 1. The highest BCUT2D eigenvalue weighted by molar-refractivity contribution is 6.31. The zero-order valence-electron chi connectivity index (χ0n) is 20.3. The van der Waals surface area contributed by atoms with Crippen molar-refractivity contribution < 1.29 is 14.3 Å². The van der Waals surface area contributed by atoms with Gasteiger partial charge in [0.25, 0.3) is 5.56 Å². The van der Waals surface area contributed by atoms with Crippen molar-refractivity contribution in [2.24, 2.45) is 0 Å². The minimum Gasteiger partial charge on any atom is -0.495 e. The lowest BCUT2D eigenvalue weighted by atomic mass is 10.1. The predicted molar refractivity (Wildman–Crippen MR) is 139 cm³/mol. The van der Waals surface area contributed by atoms with Gasteiger partial charge >= 0.3 is 5.69 Å². The van der Waals surface area contributed by atoms with E-state index in [4.69, 9.17) is 22.1 Å². The summed E-state index contributed by atoms with van der Waals surface area (Å²) in [7, 11) is 3.02. The largest absolute Gasteiger partial charge is 0.495 e. The maximum Gasteiger partial charge on any atom is 0.332 e. The molecule has 11 heteroatoms. The Morgan fingerprint density at radius 2 is 1.78 bits per heavy atom. The van der Waals surface area contributed by atoms with Crippen LogP contribution in [0.25, 0.3) is 0 Å². The summed E-state index contributed by atoms with van der Waals surface area (Å²) in [5, 5.41) is 3.11. The average molecular weight is 514 g/mol. The molecule has 190 valence electrons. The van der Waals surface area contributed by atoms with Gasteiger partial charge < -0.3 is 15.8 Å². The Balaban J connectivity index is 1.81. The summed E-state index contributed by atoms with van der Waals surface area (Å²) in [5.41, 5.74) is 5.73. The third kappa shape index (κ3) is 6.02. The van der Waals surface area contributed by atoms with Crippen molar-refractivity contribution in [1.29, 1.82) is 0 Å². The predicted octanol–water partition coefficient (Wildman–Crippen LogP) is 2.08. The Labute approximate surface area is 212 Å². The van der Waals surface area contributed by atoms with Gasteiger partial charge in [0.15, 0.2) is 5.78 Å². The van der Waals surface area contributed by atoms with Crippen LogP contribution in [-0.4, -0.2) is 53.0 Å². The Kier molecular flexibility index (Phi) is 8.68. The number of ether oxygens (including phenoxy) is 1. The molecule has 36 heavy (non-hydrogen) atoms. The maximum atomic E-state index is 13.1. The molecule has 2 aromatic carbocycles. The van der Waals surface area contributed by atoms with Crippen LogP contribution >= 0.6 is 11.6 Å². The fourth-order valence-electron chi connectivity index (χ4n) is 3.77. The second-order valence-corrected chi connectivity index (χ2v) is 8.59. The number of carbonyl (C=O) groups excluding carboxylic acids is 2. The summed E-state index contributed by atoms with van der Waals surface area (Å²) in [6, 6.07) is 13.9. The van der Waals surface area contributed by atoms with E-state index in [1.54, 1.807) is 32.2 Å². The highest BCUT2D eigenvalue weighted by Gasteiger charge is 2.24. The lowest BCUT2D eigenvalue weighted by Gasteiger charge is -2.19. The monoisotopic (exact) mass is 513 g/mol. The molecule has 0 bridgehead atoms. The highest BCUT2D eigenvalue weighted by Crippen LogP contribution is 2.27. The number of Topliss-reactive ketones (excluding diaryl/α,β-unsaturated/α-hetero) is 1. The van der Waals surface area contributed by atoms with Gasteiger partial charge in [0.05, 0.1) is 32.4 Å². The first-order valence-corrected chi connectivity index (χ1v) is 11.6. The highest BCUT2D eigenvalue weighted by atomic mass is 35.5. The molecule has 3 N–H and O–H groups in total. The molecular weight excluding hydrogens is 486 g/mol. The average Bonchev–Trinajstić information content (AvgIpc) is 2.82. The molecule has 0 unspecified atom stereocenters. The fourth-order valence-corrected chi connectivity index (χ4v) is 3.94. The molecule has 3 aromatic rings. The van der Waals surface area contributed by atoms with E-state index in [1.807, 2.05) is 30.3 Å². The first-order valence-electron chi connectivity index (χ1n) is 11.2. The molecule has 0 aliphatic heterocycles. The van der Waals surface area contributed by atoms with Crippen LogP contribution in [0.1, 0.15) is 22.8 Å². The Morgan fingerprint density at radius 3 is 2.42 bits per heavy atom. The lowest BCUT2D eigenvalue weighted by molar-refractivity contribution is -0.116. The summed E-state index contributed by atoms with van der Waals surface area (Å²) < 4.78 is 7.41. The Hall–Kier alpha value is -3.89. The van der Waals surface area contributed by atoms with E-state index < -0.39 is 22.9 Å². The number of rotatable bonds is 10. The van der Waals surface area contributed by atoms with Crippen LogP contribution in [0.5, 0.6) is 5.75 Å². The number of nitrogen functional groups attached to an aromatic ring is 1. The van der Waals surface area contributed by atoms with Gasteiger partial charge in [-0.15, -0.1) is 0 Å². The molecule has 3 rings (SSSR count). The molecule has 0 spiro atoms. The molecule has 0 aliphatic rings. The van der Waals surface area contributed by atoms with Crippen LogP contribution < -0.4 is 27.0 Å². The van der Waals surface area contributed by atoms with Crippen LogP contribution in [0.15, 0.2) is 58.1 Å². The standard InChI is InChI=1S/C25H28ClN5O5/c1-4-30-24(34)22(23(27)31(25(30)35)13-16-8-6-5-7-9-16)19(32)14-29(2)15-21(33)28-18-12-17(26)10-11-20(18)36-3/h5-12H,4,13-15,27H2,1-3H3,(H,28,33). The minimum absolute atomic E-state index is 0.0761. The molecule has 0 atom stereocenters. The van der Waals surface area contributed by atoms with E-state index in [9.17, 15) is 19.2 Å². The summed E-state index contributed by atoms with van der Waals surface area (Å²) in [4.78, 5) is 53.0. The normalized spacial score (nSPS) is 10.9. The summed E-state index contributed by atoms with van der Waals surface area (Å²) in [6.07, 6.45) is 0. The second kappa shape index (κ2) is 11.7. The smallest absolute Gasteiger partial charge is 0.332 e. The minimum atomic E-state index is -0.754. The number of nitrogens with two attached hydrogens (primary N) is 1. The fraction of sp³-hybridized carbons (Fsp3) is 0.280. The summed E-state index contributed by atoms with van der Waals surface area (Å²) >= 11 is 6.00. The molecule has 1 amide bonds. The van der Waals surface area contributed by atoms with Gasteiger partial charge in [-0.25, -0.2) is 4.79 Å². The van der Waals surface area contributed by atoms with Crippen LogP contribution in [0, 0.1) is 0 Å². The van der Waals surface area contributed by atoms with Crippen molar-refractivity contribution in [3.63, 3.8) is 0 Å². The van der Waals surface area contributed by atoms with Crippen molar-refractivity contribution in [2.75, 3.05) is 38.3 Å². The quantitative estimate of drug-likeness (QED) is 0.397. The number of benzene rings is 2. The number of hydrogen-bond donors (Lipinski definition) is 2. The van der Waals surface area contributed by atoms with E-state index in [0.717, 1.165) is 10.1 Å². The number of carbonyl (C=O) groups is 2. The molecule has 0 fully saturated rings. The summed E-state index contributed by atoms with van der Waals surface area (Å²) in [5.74, 6) is -0.791. The van der Waals surface area contributed by atoms with Gasteiger partial charge in [-0.1, -0.05) is 41.9 Å². The topological polar surface area (TPSA) is 129 Å². The van der Waals surface area contributed by atoms with Crippen molar-refractivity contribution in [1.82, 2.24) is 14.0 Å².